The lowest BCUT2D eigenvalue weighted by Crippen LogP contribution is -2.34. The number of benzene rings is 1. The Morgan fingerprint density at radius 2 is 1.92 bits per heavy atom. The van der Waals surface area contributed by atoms with Crippen molar-refractivity contribution in [2.45, 2.75) is 16.6 Å². The fourth-order valence-electron chi connectivity index (χ4n) is 2.88. The van der Waals surface area contributed by atoms with Crippen molar-refractivity contribution in [3.8, 4) is 6.07 Å². The van der Waals surface area contributed by atoms with Crippen molar-refractivity contribution in [1.82, 2.24) is 4.31 Å². The summed E-state index contributed by atoms with van der Waals surface area (Å²) in [5, 5.41) is 10.3. The topological polar surface area (TPSA) is 95.3 Å². The van der Waals surface area contributed by atoms with Crippen molar-refractivity contribution in [3.63, 3.8) is 0 Å². The summed E-state index contributed by atoms with van der Waals surface area (Å²) < 4.78 is 52.1. The predicted octanol–water partition coefficient (Wildman–Crippen LogP) is 2.17. The van der Waals surface area contributed by atoms with Crippen LogP contribution in [0.3, 0.4) is 0 Å². The molecular weight excluding hydrogens is 380 g/mol. The highest BCUT2D eigenvalue weighted by molar-refractivity contribution is 7.92. The number of hydrogen-bond donors (Lipinski definition) is 0. The molecule has 2 aromatic rings. The average molecular weight is 397 g/mol. The molecule has 0 spiro atoms. The van der Waals surface area contributed by atoms with E-state index in [9.17, 15) is 16.8 Å². The van der Waals surface area contributed by atoms with E-state index in [1.165, 1.54) is 27.8 Å². The molecular formula is C16H16N2O4S3. The summed E-state index contributed by atoms with van der Waals surface area (Å²) in [6, 6.07) is 11.4. The van der Waals surface area contributed by atoms with Gasteiger partial charge in [-0.3, -0.25) is 0 Å². The van der Waals surface area contributed by atoms with Gasteiger partial charge in [0.15, 0.2) is 9.84 Å². The maximum absolute atomic E-state index is 12.9. The van der Waals surface area contributed by atoms with Crippen molar-refractivity contribution in [1.29, 1.82) is 5.26 Å². The van der Waals surface area contributed by atoms with E-state index in [-0.39, 0.29) is 35.7 Å². The molecule has 1 unspecified atom stereocenters. The molecule has 9 heteroatoms. The van der Waals surface area contributed by atoms with Crippen LogP contribution >= 0.6 is 11.3 Å². The maximum atomic E-state index is 12.9. The highest BCUT2D eigenvalue weighted by Crippen LogP contribution is 2.33. The molecule has 1 aliphatic rings. The van der Waals surface area contributed by atoms with Crippen LogP contribution in [-0.2, 0) is 19.9 Å². The highest BCUT2D eigenvalue weighted by atomic mass is 32.2. The van der Waals surface area contributed by atoms with E-state index >= 15 is 0 Å². The zero-order chi connectivity index (χ0) is 18.1. The van der Waals surface area contributed by atoms with Crippen molar-refractivity contribution in [2.24, 2.45) is 0 Å². The lowest BCUT2D eigenvalue weighted by Gasteiger charge is -2.20. The number of hydrogen-bond acceptors (Lipinski definition) is 6. The smallest absolute Gasteiger partial charge is 0.228 e. The molecule has 1 atom stereocenters. The number of sulfone groups is 1. The molecule has 0 radical (unpaired) electrons. The van der Waals surface area contributed by atoms with Crippen LogP contribution in [0, 0.1) is 11.3 Å². The summed E-state index contributed by atoms with van der Waals surface area (Å²) >= 11 is 1.36. The molecule has 1 aromatic heterocycles. The van der Waals surface area contributed by atoms with Crippen LogP contribution in [-0.4, -0.2) is 40.0 Å². The van der Waals surface area contributed by atoms with E-state index in [0.29, 0.717) is 0 Å². The zero-order valence-corrected chi connectivity index (χ0v) is 15.6. The van der Waals surface area contributed by atoms with E-state index in [1.807, 2.05) is 11.4 Å². The third-order valence-electron chi connectivity index (χ3n) is 4.19. The Morgan fingerprint density at radius 1 is 1.16 bits per heavy atom. The SMILES string of the molecule is N#Cc1ccccc1S(=O)(=O)N1CCC(c2cccs2)S(=O)(=O)CC1. The molecule has 132 valence electrons. The quantitative estimate of drug-likeness (QED) is 0.792. The van der Waals surface area contributed by atoms with Crippen molar-refractivity contribution < 1.29 is 16.8 Å². The maximum Gasteiger partial charge on any atom is 0.244 e. The van der Waals surface area contributed by atoms with Crippen molar-refractivity contribution >= 4 is 31.2 Å². The minimum absolute atomic E-state index is 0.0596. The lowest BCUT2D eigenvalue weighted by atomic mass is 10.2. The minimum Gasteiger partial charge on any atom is -0.228 e. The van der Waals surface area contributed by atoms with Gasteiger partial charge >= 0.3 is 0 Å². The van der Waals surface area contributed by atoms with Gasteiger partial charge in [-0.1, -0.05) is 18.2 Å². The van der Waals surface area contributed by atoms with Gasteiger partial charge in [0.05, 0.1) is 21.5 Å². The van der Waals surface area contributed by atoms with E-state index in [0.717, 1.165) is 4.88 Å². The second-order valence-electron chi connectivity index (χ2n) is 5.67. The van der Waals surface area contributed by atoms with Crippen molar-refractivity contribution in [2.75, 3.05) is 18.8 Å². The van der Waals surface area contributed by atoms with Crippen LogP contribution in [0.4, 0.5) is 0 Å². The summed E-state index contributed by atoms with van der Waals surface area (Å²) in [5.41, 5.74) is 0.0596. The van der Waals surface area contributed by atoms with Crippen molar-refractivity contribution in [3.05, 3.63) is 52.2 Å². The van der Waals surface area contributed by atoms with Gasteiger partial charge < -0.3 is 0 Å². The first-order chi connectivity index (χ1) is 11.9. The van der Waals surface area contributed by atoms with Crippen LogP contribution in [0.25, 0.3) is 0 Å². The fourth-order valence-corrected chi connectivity index (χ4v) is 7.60. The van der Waals surface area contributed by atoms with Crippen LogP contribution in [0.15, 0.2) is 46.7 Å². The van der Waals surface area contributed by atoms with E-state index in [1.54, 1.807) is 24.3 Å². The van der Waals surface area contributed by atoms with E-state index in [4.69, 9.17) is 5.26 Å². The highest BCUT2D eigenvalue weighted by Gasteiger charge is 2.36. The van der Waals surface area contributed by atoms with Crippen LogP contribution in [0.5, 0.6) is 0 Å². The third kappa shape index (κ3) is 3.48. The van der Waals surface area contributed by atoms with Crippen LogP contribution in [0.1, 0.15) is 22.1 Å². The summed E-state index contributed by atoms with van der Waals surface area (Å²) in [7, 11) is -7.36. The number of sulfonamides is 1. The van der Waals surface area contributed by atoms with Gasteiger partial charge in [-0.2, -0.15) is 9.57 Å². The van der Waals surface area contributed by atoms with Crippen LogP contribution < -0.4 is 0 Å². The van der Waals surface area contributed by atoms with E-state index in [2.05, 4.69) is 0 Å². The third-order valence-corrected chi connectivity index (χ3v) is 9.39. The first-order valence-corrected chi connectivity index (χ1v) is 11.6. The molecule has 2 heterocycles. The summed E-state index contributed by atoms with van der Waals surface area (Å²) in [6.45, 7) is -0.00377. The molecule has 1 fully saturated rings. The molecule has 0 saturated carbocycles. The van der Waals surface area contributed by atoms with Gasteiger partial charge in [0, 0.05) is 18.0 Å². The molecule has 0 aliphatic carbocycles. The van der Waals surface area contributed by atoms with Gasteiger partial charge in [-0.15, -0.1) is 11.3 Å². The standard InChI is InChI=1S/C16H16N2O4S3/c17-12-13-4-1-2-6-15(13)25(21,22)18-8-7-16(14-5-3-10-23-14)24(19,20)11-9-18/h1-6,10,16H,7-9,11H2. The molecule has 0 amide bonds. The second-order valence-corrected chi connectivity index (χ2v) is 10.9. The molecule has 1 saturated heterocycles. The Bertz CT molecular complexity index is 1010. The fraction of sp³-hybridized carbons (Fsp3) is 0.312. The molecule has 0 N–H and O–H groups in total. The second kappa shape index (κ2) is 6.88. The van der Waals surface area contributed by atoms with Crippen LogP contribution in [0.2, 0.25) is 0 Å². The Morgan fingerprint density at radius 3 is 2.60 bits per heavy atom. The number of thiophene rings is 1. The Kier molecular flexibility index (Phi) is 4.97. The van der Waals surface area contributed by atoms with Gasteiger partial charge in [0.1, 0.15) is 6.07 Å². The lowest BCUT2D eigenvalue weighted by molar-refractivity contribution is 0.428. The summed E-state index contributed by atoms with van der Waals surface area (Å²) in [5.74, 6) is -0.233. The molecule has 0 bridgehead atoms. The summed E-state index contributed by atoms with van der Waals surface area (Å²) in [6.07, 6.45) is 0.205. The largest absolute Gasteiger partial charge is 0.244 e. The van der Waals surface area contributed by atoms with E-state index < -0.39 is 25.1 Å². The molecule has 25 heavy (non-hydrogen) atoms. The molecule has 6 nitrogen and oxygen atoms in total. The van der Waals surface area contributed by atoms with Gasteiger partial charge in [0.2, 0.25) is 10.0 Å². The molecule has 1 aliphatic heterocycles. The number of nitrogens with zero attached hydrogens (tertiary/aromatic N) is 2. The Labute approximate surface area is 151 Å². The number of nitriles is 1. The van der Waals surface area contributed by atoms with Gasteiger partial charge in [0.25, 0.3) is 0 Å². The Hall–Kier alpha value is -1.73. The first-order valence-electron chi connectivity index (χ1n) is 7.60. The predicted molar refractivity (Wildman–Crippen MR) is 95.4 cm³/mol. The minimum atomic E-state index is -3.92. The Balaban J connectivity index is 1.94. The average Bonchev–Trinajstić information content (AvgIpc) is 3.05. The normalized spacial score (nSPS) is 21.3. The first kappa shape index (κ1) is 18.1. The number of rotatable bonds is 3. The molecule has 3 rings (SSSR count). The molecule has 1 aromatic carbocycles. The summed E-state index contributed by atoms with van der Waals surface area (Å²) in [4.78, 5) is 0.654. The van der Waals surface area contributed by atoms with Gasteiger partial charge in [-0.25, -0.2) is 16.8 Å². The zero-order valence-electron chi connectivity index (χ0n) is 13.2. The monoisotopic (exact) mass is 396 g/mol. The van der Waals surface area contributed by atoms with Gasteiger partial charge in [-0.05, 0) is 30.0 Å².